The van der Waals surface area contributed by atoms with Crippen LogP contribution in [0.1, 0.15) is 28.6 Å². The molecule has 2 rings (SSSR count). The third-order valence-corrected chi connectivity index (χ3v) is 6.63. The van der Waals surface area contributed by atoms with Gasteiger partial charge in [-0.15, -0.1) is 11.3 Å². The van der Waals surface area contributed by atoms with Crippen molar-refractivity contribution in [3.8, 4) is 0 Å². The maximum Gasteiger partial charge on any atom is 0.264 e. The molecule has 0 aliphatic heterocycles. The van der Waals surface area contributed by atoms with E-state index in [1.54, 1.807) is 11.0 Å². The molecule has 0 aliphatic carbocycles. The van der Waals surface area contributed by atoms with Crippen molar-refractivity contribution in [1.82, 2.24) is 4.90 Å². The zero-order valence-corrected chi connectivity index (χ0v) is 17.4. The van der Waals surface area contributed by atoms with E-state index in [2.05, 4.69) is 37.2 Å². The molecule has 0 unspecified atom stereocenters. The van der Waals surface area contributed by atoms with E-state index >= 15 is 0 Å². The number of hydrogen-bond acceptors (Lipinski definition) is 3. The molecular weight excluding hydrogens is 456 g/mol. The van der Waals surface area contributed by atoms with E-state index in [-0.39, 0.29) is 18.4 Å². The number of halogens is 2. The first-order valence-electron chi connectivity index (χ1n) is 7.52. The summed E-state index contributed by atoms with van der Waals surface area (Å²) in [5, 5.41) is 2.87. The highest BCUT2D eigenvalue weighted by Gasteiger charge is 2.21. The molecule has 128 valence electrons. The van der Waals surface area contributed by atoms with Gasteiger partial charge in [0.1, 0.15) is 6.54 Å². The lowest BCUT2D eigenvalue weighted by Gasteiger charge is -2.21. The molecule has 0 fully saturated rings. The highest BCUT2D eigenvalue weighted by Crippen LogP contribution is 2.33. The van der Waals surface area contributed by atoms with Crippen LogP contribution in [-0.4, -0.2) is 29.8 Å². The summed E-state index contributed by atoms with van der Waals surface area (Å²) in [7, 11) is 0. The van der Waals surface area contributed by atoms with Crippen molar-refractivity contribution in [1.29, 1.82) is 0 Å². The smallest absolute Gasteiger partial charge is 0.264 e. The number of thiophene rings is 1. The van der Waals surface area contributed by atoms with Gasteiger partial charge in [0.2, 0.25) is 5.91 Å². The zero-order valence-electron chi connectivity index (χ0n) is 13.4. The highest BCUT2D eigenvalue weighted by molar-refractivity contribution is 9.13. The van der Waals surface area contributed by atoms with Crippen LogP contribution in [-0.2, 0) is 4.79 Å². The van der Waals surface area contributed by atoms with Gasteiger partial charge in [0.15, 0.2) is 0 Å². The fraction of sp³-hybridized carbons (Fsp3) is 0.294. The van der Waals surface area contributed by atoms with Crippen molar-refractivity contribution < 1.29 is 9.59 Å². The Kier molecular flexibility index (Phi) is 7.01. The number of nitrogens with zero attached hydrogens (tertiary/aromatic N) is 1. The summed E-state index contributed by atoms with van der Waals surface area (Å²) in [6, 6.07) is 9.36. The number of anilines is 1. The Morgan fingerprint density at radius 1 is 1.25 bits per heavy atom. The Hall–Kier alpha value is -1.18. The fourth-order valence-corrected chi connectivity index (χ4v) is 4.21. The van der Waals surface area contributed by atoms with Crippen LogP contribution in [0.2, 0.25) is 0 Å². The third-order valence-electron chi connectivity index (χ3n) is 3.39. The largest absolute Gasteiger partial charge is 0.329 e. The molecule has 4 nitrogen and oxygen atoms in total. The number of rotatable bonds is 6. The molecule has 0 aliphatic rings. The quantitative estimate of drug-likeness (QED) is 0.636. The summed E-state index contributed by atoms with van der Waals surface area (Å²) in [5.74, 6) is -0.325. The normalized spacial score (nSPS) is 10.5. The second-order valence-corrected chi connectivity index (χ2v) is 8.55. The second-order valence-electron chi connectivity index (χ2n) is 5.32. The summed E-state index contributed by atoms with van der Waals surface area (Å²) in [6.07, 6.45) is 0.789. The first kappa shape index (κ1) is 19.1. The van der Waals surface area contributed by atoms with Crippen LogP contribution >= 0.6 is 43.2 Å². The van der Waals surface area contributed by atoms with Crippen LogP contribution < -0.4 is 5.32 Å². The minimum absolute atomic E-state index is 0.0359. The van der Waals surface area contributed by atoms with Crippen molar-refractivity contribution in [2.24, 2.45) is 0 Å². The Balaban J connectivity index is 2.08. The summed E-state index contributed by atoms with van der Waals surface area (Å²) in [4.78, 5) is 27.2. The molecule has 0 saturated heterocycles. The minimum atomic E-state index is -0.194. The van der Waals surface area contributed by atoms with Crippen molar-refractivity contribution in [3.05, 3.63) is 49.0 Å². The Bertz CT molecular complexity index is 726. The second kappa shape index (κ2) is 8.78. The lowest BCUT2D eigenvalue weighted by Crippen LogP contribution is -2.38. The Morgan fingerprint density at radius 2 is 1.96 bits per heavy atom. The molecule has 0 radical (unpaired) electrons. The molecule has 1 heterocycles. The number of nitrogens with one attached hydrogen (secondary N) is 1. The fourth-order valence-electron chi connectivity index (χ4n) is 2.21. The number of benzene rings is 1. The number of aryl methyl sites for hydroxylation is 1. The van der Waals surface area contributed by atoms with E-state index < -0.39 is 0 Å². The standard InChI is InChI=1S/C17H18Br2N2O2S/c1-3-8-21(17(23)14-9-12(18)16(19)24-14)10-15(22)20-13-7-5-4-6-11(13)2/h4-7,9H,3,8,10H2,1-2H3,(H,20,22). The molecule has 0 saturated carbocycles. The van der Waals surface area contributed by atoms with Crippen molar-refractivity contribution >= 4 is 60.7 Å². The molecular formula is C17H18Br2N2O2S. The van der Waals surface area contributed by atoms with Crippen LogP contribution in [0, 0.1) is 6.92 Å². The topological polar surface area (TPSA) is 49.4 Å². The maximum absolute atomic E-state index is 12.7. The minimum Gasteiger partial charge on any atom is -0.329 e. The van der Waals surface area contributed by atoms with E-state index in [1.807, 2.05) is 38.1 Å². The number of hydrogen-bond donors (Lipinski definition) is 1. The van der Waals surface area contributed by atoms with Gasteiger partial charge in [-0.2, -0.15) is 0 Å². The molecule has 0 spiro atoms. The van der Waals surface area contributed by atoms with Crippen LogP contribution in [0.4, 0.5) is 5.69 Å². The van der Waals surface area contributed by atoms with E-state index in [0.29, 0.717) is 11.4 Å². The third kappa shape index (κ3) is 4.91. The summed E-state index contributed by atoms with van der Waals surface area (Å²) in [5.41, 5.74) is 1.76. The van der Waals surface area contributed by atoms with Crippen LogP contribution in [0.3, 0.4) is 0 Å². The molecule has 2 amide bonds. The number of amides is 2. The number of para-hydroxylation sites is 1. The first-order chi connectivity index (χ1) is 11.4. The monoisotopic (exact) mass is 472 g/mol. The molecule has 7 heteroatoms. The van der Waals surface area contributed by atoms with Gasteiger partial charge < -0.3 is 10.2 Å². The van der Waals surface area contributed by atoms with E-state index in [0.717, 1.165) is 25.9 Å². The number of carbonyl (C=O) groups excluding carboxylic acids is 2. The van der Waals surface area contributed by atoms with Gasteiger partial charge in [0, 0.05) is 16.7 Å². The Labute approximate surface area is 162 Å². The lowest BCUT2D eigenvalue weighted by atomic mass is 10.2. The summed E-state index contributed by atoms with van der Waals surface area (Å²) >= 11 is 8.14. The van der Waals surface area contributed by atoms with Gasteiger partial charge >= 0.3 is 0 Å². The average molecular weight is 474 g/mol. The molecule has 24 heavy (non-hydrogen) atoms. The molecule has 0 bridgehead atoms. The molecule has 1 N–H and O–H groups in total. The van der Waals surface area contributed by atoms with Crippen LogP contribution in [0.15, 0.2) is 38.6 Å². The van der Waals surface area contributed by atoms with Gasteiger partial charge in [-0.1, -0.05) is 25.1 Å². The van der Waals surface area contributed by atoms with E-state index in [1.165, 1.54) is 11.3 Å². The molecule has 2 aromatic rings. The van der Waals surface area contributed by atoms with Crippen LogP contribution in [0.25, 0.3) is 0 Å². The van der Waals surface area contributed by atoms with Crippen molar-refractivity contribution in [2.45, 2.75) is 20.3 Å². The van der Waals surface area contributed by atoms with Gasteiger partial charge in [0.25, 0.3) is 5.91 Å². The van der Waals surface area contributed by atoms with Crippen LogP contribution in [0.5, 0.6) is 0 Å². The number of carbonyl (C=O) groups is 2. The summed E-state index contributed by atoms with van der Waals surface area (Å²) in [6.45, 7) is 4.49. The average Bonchev–Trinajstić information content (AvgIpc) is 2.88. The molecule has 1 aromatic heterocycles. The van der Waals surface area contributed by atoms with Crippen molar-refractivity contribution in [2.75, 3.05) is 18.4 Å². The maximum atomic E-state index is 12.7. The predicted octanol–water partition coefficient (Wildman–Crippen LogP) is 5.07. The highest BCUT2D eigenvalue weighted by atomic mass is 79.9. The van der Waals surface area contributed by atoms with Crippen molar-refractivity contribution in [3.63, 3.8) is 0 Å². The summed E-state index contributed by atoms with van der Waals surface area (Å²) < 4.78 is 1.71. The van der Waals surface area contributed by atoms with E-state index in [9.17, 15) is 9.59 Å². The van der Waals surface area contributed by atoms with Gasteiger partial charge in [-0.25, -0.2) is 0 Å². The Morgan fingerprint density at radius 3 is 2.54 bits per heavy atom. The van der Waals surface area contributed by atoms with Gasteiger partial charge in [-0.05, 0) is 62.9 Å². The zero-order chi connectivity index (χ0) is 17.7. The predicted molar refractivity (Wildman–Crippen MR) is 106 cm³/mol. The van der Waals surface area contributed by atoms with E-state index in [4.69, 9.17) is 0 Å². The lowest BCUT2D eigenvalue weighted by molar-refractivity contribution is -0.116. The molecule has 1 aromatic carbocycles. The first-order valence-corrected chi connectivity index (χ1v) is 9.92. The SMILES string of the molecule is CCCN(CC(=O)Nc1ccccc1C)C(=O)c1cc(Br)c(Br)s1. The molecule has 0 atom stereocenters. The van der Waals surface area contributed by atoms with Gasteiger partial charge in [0.05, 0.1) is 8.66 Å². The van der Waals surface area contributed by atoms with Gasteiger partial charge in [-0.3, -0.25) is 9.59 Å².